The standard InChI is InChI=1S/C28H38N2O3S/c1-3-5-6-9-23-12-14-25(15-13-23)34(31,32)30-18-16-24(17-19-30)27-22-29(20-21-33-4-2)28-11-8-7-10-26(27)28/h7-8,10-15,22,24H,3-6,9,16-21H2,1-2H3. The molecular formula is C28H38N2O3S. The summed E-state index contributed by atoms with van der Waals surface area (Å²) in [6, 6.07) is 16.0. The molecule has 1 aromatic heterocycles. The van der Waals surface area contributed by atoms with Crippen LogP contribution in [0.2, 0.25) is 0 Å². The Morgan fingerprint density at radius 2 is 1.71 bits per heavy atom. The van der Waals surface area contributed by atoms with Crippen molar-refractivity contribution < 1.29 is 13.2 Å². The second-order valence-electron chi connectivity index (χ2n) is 9.27. The van der Waals surface area contributed by atoms with Crippen molar-refractivity contribution in [2.75, 3.05) is 26.3 Å². The number of fused-ring (bicyclic) bond motifs is 1. The van der Waals surface area contributed by atoms with Crippen molar-refractivity contribution in [3.63, 3.8) is 0 Å². The molecule has 0 amide bonds. The summed E-state index contributed by atoms with van der Waals surface area (Å²) in [7, 11) is -3.45. The number of aryl methyl sites for hydroxylation is 1. The van der Waals surface area contributed by atoms with Crippen molar-refractivity contribution in [2.24, 2.45) is 0 Å². The van der Waals surface area contributed by atoms with Gasteiger partial charge in [-0.1, -0.05) is 50.1 Å². The summed E-state index contributed by atoms with van der Waals surface area (Å²) in [5.41, 5.74) is 3.78. The zero-order valence-electron chi connectivity index (χ0n) is 20.6. The van der Waals surface area contributed by atoms with E-state index in [1.54, 1.807) is 16.4 Å². The van der Waals surface area contributed by atoms with Gasteiger partial charge in [0.1, 0.15) is 0 Å². The van der Waals surface area contributed by atoms with Crippen molar-refractivity contribution in [2.45, 2.75) is 69.7 Å². The van der Waals surface area contributed by atoms with Crippen molar-refractivity contribution in [1.82, 2.24) is 8.87 Å². The molecule has 0 radical (unpaired) electrons. The van der Waals surface area contributed by atoms with Crippen LogP contribution in [0.15, 0.2) is 59.6 Å². The molecule has 0 atom stereocenters. The maximum Gasteiger partial charge on any atom is 0.243 e. The lowest BCUT2D eigenvalue weighted by molar-refractivity contribution is 0.140. The Morgan fingerprint density at radius 3 is 2.41 bits per heavy atom. The van der Waals surface area contributed by atoms with Crippen molar-refractivity contribution in [3.05, 3.63) is 65.9 Å². The Kier molecular flexibility index (Phi) is 8.46. The van der Waals surface area contributed by atoms with E-state index in [1.165, 1.54) is 34.9 Å². The largest absolute Gasteiger partial charge is 0.380 e. The van der Waals surface area contributed by atoms with Gasteiger partial charge in [0, 0.05) is 43.3 Å². The van der Waals surface area contributed by atoms with Crippen LogP contribution in [0.1, 0.15) is 63.0 Å². The van der Waals surface area contributed by atoms with Gasteiger partial charge < -0.3 is 9.30 Å². The first kappa shape index (κ1) is 25.0. The van der Waals surface area contributed by atoms with Gasteiger partial charge in [0.05, 0.1) is 11.5 Å². The van der Waals surface area contributed by atoms with Crippen LogP contribution >= 0.6 is 0 Å². The number of hydrogen-bond acceptors (Lipinski definition) is 3. The topological polar surface area (TPSA) is 51.5 Å². The Balaban J connectivity index is 1.43. The van der Waals surface area contributed by atoms with Gasteiger partial charge >= 0.3 is 0 Å². The van der Waals surface area contributed by atoms with Crippen molar-refractivity contribution in [1.29, 1.82) is 0 Å². The highest BCUT2D eigenvalue weighted by Crippen LogP contribution is 2.36. The lowest BCUT2D eigenvalue weighted by Gasteiger charge is -2.31. The molecule has 1 aliphatic heterocycles. The minimum Gasteiger partial charge on any atom is -0.380 e. The maximum atomic E-state index is 13.3. The highest BCUT2D eigenvalue weighted by molar-refractivity contribution is 7.89. The number of ether oxygens (including phenoxy) is 1. The molecule has 0 unspecified atom stereocenters. The first-order valence-corrected chi connectivity index (χ1v) is 14.2. The quantitative estimate of drug-likeness (QED) is 0.316. The molecule has 0 bridgehead atoms. The molecule has 0 aliphatic carbocycles. The third-order valence-corrected chi connectivity index (χ3v) is 8.94. The number of para-hydroxylation sites is 1. The van der Waals surface area contributed by atoms with Gasteiger partial charge in [-0.05, 0) is 67.9 Å². The second-order valence-corrected chi connectivity index (χ2v) is 11.2. The van der Waals surface area contributed by atoms with E-state index < -0.39 is 10.0 Å². The van der Waals surface area contributed by atoms with Crippen LogP contribution in [-0.4, -0.2) is 43.6 Å². The summed E-state index contributed by atoms with van der Waals surface area (Å²) in [5.74, 6) is 0.366. The Labute approximate surface area is 204 Å². The molecule has 1 aliphatic rings. The average molecular weight is 483 g/mol. The smallest absolute Gasteiger partial charge is 0.243 e. The zero-order valence-corrected chi connectivity index (χ0v) is 21.4. The molecule has 2 aromatic carbocycles. The van der Waals surface area contributed by atoms with Gasteiger partial charge in [-0.15, -0.1) is 0 Å². The molecular weight excluding hydrogens is 444 g/mol. The summed E-state index contributed by atoms with van der Waals surface area (Å²) in [4.78, 5) is 0.415. The van der Waals surface area contributed by atoms with Gasteiger partial charge in [-0.2, -0.15) is 4.31 Å². The van der Waals surface area contributed by atoms with Gasteiger partial charge in [-0.25, -0.2) is 8.42 Å². The number of aromatic nitrogens is 1. The van der Waals surface area contributed by atoms with E-state index in [0.29, 0.717) is 30.5 Å². The van der Waals surface area contributed by atoms with Crippen LogP contribution in [0.4, 0.5) is 0 Å². The zero-order chi connectivity index (χ0) is 24.0. The van der Waals surface area contributed by atoms with E-state index in [9.17, 15) is 8.42 Å². The van der Waals surface area contributed by atoms with E-state index in [1.807, 2.05) is 19.1 Å². The predicted octanol–water partition coefficient (Wildman–Crippen LogP) is 5.98. The number of nitrogens with zero attached hydrogens (tertiary/aromatic N) is 2. The number of hydrogen-bond donors (Lipinski definition) is 0. The van der Waals surface area contributed by atoms with Gasteiger partial charge in [0.15, 0.2) is 0 Å². The fraction of sp³-hybridized carbons (Fsp3) is 0.500. The number of sulfonamides is 1. The number of unbranched alkanes of at least 4 members (excludes halogenated alkanes) is 2. The fourth-order valence-corrected chi connectivity index (χ4v) is 6.53. The maximum absolute atomic E-state index is 13.3. The molecule has 3 aromatic rings. The average Bonchev–Trinajstić information content (AvgIpc) is 3.23. The van der Waals surface area contributed by atoms with E-state index in [0.717, 1.165) is 38.8 Å². The molecule has 5 nitrogen and oxygen atoms in total. The van der Waals surface area contributed by atoms with Gasteiger partial charge in [-0.3, -0.25) is 0 Å². The van der Waals surface area contributed by atoms with Crippen molar-refractivity contribution >= 4 is 20.9 Å². The lowest BCUT2D eigenvalue weighted by Crippen LogP contribution is -2.37. The number of rotatable bonds is 11. The fourth-order valence-electron chi connectivity index (χ4n) is 5.06. The first-order valence-electron chi connectivity index (χ1n) is 12.8. The third-order valence-electron chi connectivity index (χ3n) is 7.02. The molecule has 0 N–H and O–H groups in total. The van der Waals surface area contributed by atoms with Crippen LogP contribution in [0.5, 0.6) is 0 Å². The van der Waals surface area contributed by atoms with Crippen LogP contribution < -0.4 is 0 Å². The van der Waals surface area contributed by atoms with E-state index in [-0.39, 0.29) is 0 Å². The second kappa shape index (κ2) is 11.5. The summed E-state index contributed by atoms with van der Waals surface area (Å²) in [5, 5.41) is 1.28. The third kappa shape index (κ3) is 5.56. The molecule has 184 valence electrons. The predicted molar refractivity (Wildman–Crippen MR) is 139 cm³/mol. The lowest BCUT2D eigenvalue weighted by atomic mass is 9.90. The monoisotopic (exact) mass is 482 g/mol. The first-order chi connectivity index (χ1) is 16.5. The molecule has 4 rings (SSSR count). The van der Waals surface area contributed by atoms with E-state index in [4.69, 9.17) is 4.74 Å². The molecule has 0 saturated carbocycles. The Hall–Kier alpha value is -2.15. The van der Waals surface area contributed by atoms with E-state index in [2.05, 4.69) is 42.0 Å². The highest BCUT2D eigenvalue weighted by Gasteiger charge is 2.31. The minimum atomic E-state index is -3.45. The van der Waals surface area contributed by atoms with Crippen LogP contribution in [0.25, 0.3) is 10.9 Å². The molecule has 6 heteroatoms. The summed E-state index contributed by atoms with van der Waals surface area (Å²) in [6.45, 7) is 7.58. The highest BCUT2D eigenvalue weighted by atomic mass is 32.2. The van der Waals surface area contributed by atoms with E-state index >= 15 is 0 Å². The normalized spacial score (nSPS) is 15.8. The number of benzene rings is 2. The summed E-state index contributed by atoms with van der Waals surface area (Å²) < 4.78 is 36.1. The van der Waals surface area contributed by atoms with Crippen LogP contribution in [0, 0.1) is 0 Å². The van der Waals surface area contributed by atoms with Crippen molar-refractivity contribution in [3.8, 4) is 0 Å². The molecule has 2 heterocycles. The number of piperidine rings is 1. The molecule has 34 heavy (non-hydrogen) atoms. The van der Waals surface area contributed by atoms with Crippen LogP contribution in [-0.2, 0) is 27.7 Å². The summed E-state index contributed by atoms with van der Waals surface area (Å²) in [6.07, 6.45) is 8.50. The summed E-state index contributed by atoms with van der Waals surface area (Å²) >= 11 is 0. The van der Waals surface area contributed by atoms with Gasteiger partial charge in [0.2, 0.25) is 10.0 Å². The molecule has 1 fully saturated rings. The SMILES string of the molecule is CCCCCc1ccc(S(=O)(=O)N2CCC(c3cn(CCOCC)c4ccccc34)CC2)cc1. The Morgan fingerprint density at radius 1 is 0.971 bits per heavy atom. The molecule has 0 spiro atoms. The van der Waals surface area contributed by atoms with Crippen LogP contribution in [0.3, 0.4) is 0 Å². The minimum absolute atomic E-state index is 0.366. The molecule has 1 saturated heterocycles. The van der Waals surface area contributed by atoms with Gasteiger partial charge in [0.25, 0.3) is 0 Å². The Bertz CT molecular complexity index is 1160.